The highest BCUT2D eigenvalue weighted by molar-refractivity contribution is 7.98. The van der Waals surface area contributed by atoms with Crippen LogP contribution in [-0.4, -0.2) is 35.6 Å². The number of nitrogens with zero attached hydrogens (tertiary/aromatic N) is 3. The van der Waals surface area contributed by atoms with Crippen LogP contribution in [0.3, 0.4) is 0 Å². The van der Waals surface area contributed by atoms with Crippen LogP contribution in [0.5, 0.6) is 0 Å². The van der Waals surface area contributed by atoms with Gasteiger partial charge >= 0.3 is 5.97 Å². The maximum atomic E-state index is 12.0. The smallest absolute Gasteiger partial charge is 0.343 e. The monoisotopic (exact) mass is 383 g/mol. The lowest BCUT2D eigenvalue weighted by atomic mass is 10.2. The highest BCUT2D eigenvalue weighted by atomic mass is 35.5. The van der Waals surface area contributed by atoms with Crippen LogP contribution in [0.15, 0.2) is 29.6 Å². The Hall–Kier alpha value is -1.50. The summed E-state index contributed by atoms with van der Waals surface area (Å²) < 4.78 is 5.06. The quantitative estimate of drug-likeness (QED) is 0.324. The largest absolute Gasteiger partial charge is 0.462 e. The Morgan fingerprint density at radius 3 is 2.79 bits per heavy atom. The van der Waals surface area contributed by atoms with E-state index in [1.807, 2.05) is 17.0 Å². The van der Waals surface area contributed by atoms with E-state index in [1.54, 1.807) is 13.0 Å². The van der Waals surface area contributed by atoms with Crippen LogP contribution < -0.4 is 4.90 Å². The number of carbonyl (C=O) groups excluding carboxylic acids is 1. The highest BCUT2D eigenvalue weighted by Crippen LogP contribution is 2.29. The number of rotatable bonds is 6. The number of anilines is 1. The molecule has 0 aliphatic carbocycles. The van der Waals surface area contributed by atoms with Crippen molar-refractivity contribution in [2.75, 3.05) is 24.6 Å². The van der Waals surface area contributed by atoms with Gasteiger partial charge in [0.25, 0.3) is 0 Å². The molecule has 0 spiro atoms. The van der Waals surface area contributed by atoms with Crippen LogP contribution in [-0.2, 0) is 10.5 Å². The van der Waals surface area contributed by atoms with Crippen molar-refractivity contribution in [2.45, 2.75) is 17.8 Å². The molecule has 126 valence electrons. The first-order valence-electron chi connectivity index (χ1n) is 7.44. The summed E-state index contributed by atoms with van der Waals surface area (Å²) in [7, 11) is 0. The van der Waals surface area contributed by atoms with Gasteiger partial charge in [-0.1, -0.05) is 41.0 Å². The van der Waals surface area contributed by atoms with Gasteiger partial charge in [-0.2, -0.15) is 0 Å². The van der Waals surface area contributed by atoms with Crippen molar-refractivity contribution < 1.29 is 9.53 Å². The molecule has 3 rings (SSSR count). The Bertz CT molecular complexity index is 769. The fraction of sp³-hybridized carbons (Fsp3) is 0.312. The Morgan fingerprint density at radius 1 is 1.33 bits per heavy atom. The van der Waals surface area contributed by atoms with Crippen molar-refractivity contribution in [3.05, 3.63) is 45.6 Å². The van der Waals surface area contributed by atoms with Crippen molar-refractivity contribution in [3.8, 4) is 0 Å². The van der Waals surface area contributed by atoms with E-state index in [1.165, 1.54) is 18.0 Å². The van der Waals surface area contributed by atoms with Crippen molar-refractivity contribution in [1.82, 2.24) is 9.97 Å². The third-order valence-corrected chi connectivity index (χ3v) is 5.01. The second-order valence-electron chi connectivity index (χ2n) is 5.13. The molecule has 24 heavy (non-hydrogen) atoms. The molecular weight excluding hydrogens is 369 g/mol. The third-order valence-electron chi connectivity index (χ3n) is 3.34. The predicted molar refractivity (Wildman–Crippen MR) is 96.2 cm³/mol. The summed E-state index contributed by atoms with van der Waals surface area (Å²) >= 11 is 13.4. The molecule has 8 heteroatoms. The summed E-state index contributed by atoms with van der Waals surface area (Å²) in [5, 5.41) is 1.67. The Morgan fingerprint density at radius 2 is 2.12 bits per heavy atom. The number of benzene rings is 1. The van der Waals surface area contributed by atoms with Gasteiger partial charge in [0.05, 0.1) is 16.7 Å². The maximum Gasteiger partial charge on any atom is 0.343 e. The van der Waals surface area contributed by atoms with E-state index >= 15 is 0 Å². The lowest BCUT2D eigenvalue weighted by Gasteiger charge is -2.10. The zero-order valence-electron chi connectivity index (χ0n) is 13.0. The molecule has 1 saturated heterocycles. The van der Waals surface area contributed by atoms with Crippen molar-refractivity contribution in [1.29, 1.82) is 0 Å². The first-order chi connectivity index (χ1) is 11.6. The number of esters is 1. The van der Waals surface area contributed by atoms with Gasteiger partial charge in [0, 0.05) is 25.0 Å². The molecule has 0 bridgehead atoms. The third kappa shape index (κ3) is 4.12. The summed E-state index contributed by atoms with van der Waals surface area (Å²) in [6.07, 6.45) is 1.54. The zero-order valence-corrected chi connectivity index (χ0v) is 15.3. The van der Waals surface area contributed by atoms with Gasteiger partial charge in [0.1, 0.15) is 11.4 Å². The molecule has 1 aromatic carbocycles. The lowest BCUT2D eigenvalue weighted by molar-refractivity contribution is 0.0526. The Balaban J connectivity index is 1.75. The average molecular weight is 384 g/mol. The number of ether oxygens (including phenoxy) is 1. The second-order valence-corrected chi connectivity index (χ2v) is 6.89. The molecule has 1 aliphatic rings. The number of halogens is 2. The molecule has 5 nitrogen and oxygen atoms in total. The average Bonchev–Trinajstić information content (AvgIpc) is 3.41. The molecule has 2 heterocycles. The Labute approximate surface area is 154 Å². The normalized spacial score (nSPS) is 13.0. The summed E-state index contributed by atoms with van der Waals surface area (Å²) in [4.78, 5) is 22.8. The summed E-state index contributed by atoms with van der Waals surface area (Å²) in [5.74, 6) is 0.912. The number of aromatic nitrogens is 2. The van der Waals surface area contributed by atoms with Crippen molar-refractivity contribution in [2.24, 2.45) is 0 Å². The number of thioether (sulfide) groups is 1. The maximum absolute atomic E-state index is 12.0. The first-order valence-corrected chi connectivity index (χ1v) is 9.18. The van der Waals surface area contributed by atoms with Gasteiger partial charge in [0.2, 0.25) is 0 Å². The van der Waals surface area contributed by atoms with Crippen molar-refractivity contribution >= 4 is 46.8 Å². The van der Waals surface area contributed by atoms with E-state index in [9.17, 15) is 4.79 Å². The second kappa shape index (κ2) is 7.59. The molecule has 0 radical (unpaired) electrons. The van der Waals surface area contributed by atoms with E-state index < -0.39 is 0 Å². The van der Waals surface area contributed by atoms with Gasteiger partial charge in [-0.15, -0.1) is 0 Å². The van der Waals surface area contributed by atoms with Gasteiger partial charge < -0.3 is 9.64 Å². The van der Waals surface area contributed by atoms with Gasteiger partial charge in [-0.25, -0.2) is 14.8 Å². The lowest BCUT2D eigenvalue weighted by Crippen LogP contribution is -2.11. The van der Waals surface area contributed by atoms with Crippen LogP contribution in [0, 0.1) is 0 Å². The molecule has 0 saturated carbocycles. The van der Waals surface area contributed by atoms with Crippen LogP contribution in [0.4, 0.5) is 5.82 Å². The fourth-order valence-corrected chi connectivity index (χ4v) is 3.13. The van der Waals surface area contributed by atoms with Gasteiger partial charge in [-0.05, 0) is 24.6 Å². The van der Waals surface area contributed by atoms with Crippen LogP contribution in [0.1, 0.15) is 22.8 Å². The van der Waals surface area contributed by atoms with E-state index in [2.05, 4.69) is 9.97 Å². The van der Waals surface area contributed by atoms with E-state index in [4.69, 9.17) is 27.9 Å². The van der Waals surface area contributed by atoms with Gasteiger partial charge in [0.15, 0.2) is 5.16 Å². The zero-order chi connectivity index (χ0) is 17.1. The number of carbonyl (C=O) groups is 1. The molecular formula is C16H15Cl2N3O2S. The standard InChI is InChI=1S/C16H15Cl2N3O2S/c1-2-23-15(22)11-8-19-16(20-14(11)21-5-6-21)24-9-10-3-4-12(17)13(18)7-10/h3-4,7-8H,2,5-6,9H2,1H3. The molecule has 0 amide bonds. The van der Waals surface area contributed by atoms with E-state index in [0.717, 1.165) is 18.7 Å². The molecule has 2 aromatic rings. The first kappa shape index (κ1) is 17.3. The predicted octanol–water partition coefficient (Wildman–Crippen LogP) is 4.07. The summed E-state index contributed by atoms with van der Waals surface area (Å²) in [5.41, 5.74) is 1.44. The molecule has 1 aliphatic heterocycles. The Kier molecular flexibility index (Phi) is 5.48. The van der Waals surface area contributed by atoms with Crippen LogP contribution >= 0.6 is 35.0 Å². The molecule has 1 fully saturated rings. The SMILES string of the molecule is CCOC(=O)c1cnc(SCc2ccc(Cl)c(Cl)c2)nc1N1CC1. The van der Waals surface area contributed by atoms with E-state index in [-0.39, 0.29) is 5.97 Å². The topological polar surface area (TPSA) is 55.1 Å². The van der Waals surface area contributed by atoms with Crippen LogP contribution in [0.2, 0.25) is 10.0 Å². The number of hydrogen-bond acceptors (Lipinski definition) is 6. The molecule has 0 atom stereocenters. The van der Waals surface area contributed by atoms with E-state index in [0.29, 0.717) is 38.9 Å². The van der Waals surface area contributed by atoms with Crippen molar-refractivity contribution in [3.63, 3.8) is 0 Å². The van der Waals surface area contributed by atoms with Crippen LogP contribution in [0.25, 0.3) is 0 Å². The molecule has 1 aromatic heterocycles. The molecule has 0 N–H and O–H groups in total. The minimum atomic E-state index is -0.388. The minimum absolute atomic E-state index is 0.325. The fourth-order valence-electron chi connectivity index (χ4n) is 2.06. The van der Waals surface area contributed by atoms with Gasteiger partial charge in [-0.3, -0.25) is 0 Å². The number of hydrogen-bond donors (Lipinski definition) is 0. The molecule has 0 unspecified atom stereocenters. The summed E-state index contributed by atoms with van der Waals surface area (Å²) in [6, 6.07) is 5.51. The minimum Gasteiger partial charge on any atom is -0.462 e. The summed E-state index contributed by atoms with van der Waals surface area (Å²) in [6.45, 7) is 3.88. The highest BCUT2D eigenvalue weighted by Gasteiger charge is 2.27.